The van der Waals surface area contributed by atoms with E-state index >= 15 is 0 Å². The molecular weight excluding hydrogens is 286 g/mol. The Hall–Kier alpha value is -0.440. The Labute approximate surface area is 110 Å². The minimum atomic E-state index is -0.467. The molecule has 3 atom stereocenters. The van der Waals surface area contributed by atoms with Crippen molar-refractivity contribution in [1.29, 1.82) is 0 Å². The maximum atomic E-state index is 13.8. The Morgan fingerprint density at radius 3 is 2.53 bits per heavy atom. The van der Waals surface area contributed by atoms with Gasteiger partial charge in [0.1, 0.15) is 11.6 Å². The van der Waals surface area contributed by atoms with Gasteiger partial charge in [-0.05, 0) is 36.8 Å². The Bertz CT molecular complexity index is 417. The summed E-state index contributed by atoms with van der Waals surface area (Å²) in [5.74, 6) is 0.151. The van der Waals surface area contributed by atoms with Crippen molar-refractivity contribution in [2.45, 2.75) is 37.9 Å². The van der Waals surface area contributed by atoms with E-state index < -0.39 is 11.6 Å². The Morgan fingerprint density at radius 1 is 1.24 bits per heavy atom. The normalized spacial score (nSPS) is 26.2. The third kappa shape index (κ3) is 2.54. The lowest BCUT2D eigenvalue weighted by Gasteiger charge is -2.23. The first-order valence-electron chi connectivity index (χ1n) is 6.10. The molecule has 3 heteroatoms. The van der Waals surface area contributed by atoms with E-state index in [2.05, 4.69) is 22.9 Å². The highest BCUT2D eigenvalue weighted by molar-refractivity contribution is 9.09. The van der Waals surface area contributed by atoms with E-state index in [-0.39, 0.29) is 4.83 Å². The molecule has 0 aromatic heterocycles. The number of benzene rings is 1. The molecule has 1 aliphatic carbocycles. The molecular formula is C14H17BrF2. The zero-order chi connectivity index (χ0) is 12.6. The SMILES string of the molecule is Cc1cc(C(Br)C2CCCC2C)c(F)cc1F. The number of alkyl halides is 1. The summed E-state index contributed by atoms with van der Waals surface area (Å²) in [4.78, 5) is -0.000648. The van der Waals surface area contributed by atoms with Gasteiger partial charge in [-0.25, -0.2) is 8.78 Å². The lowest BCUT2D eigenvalue weighted by molar-refractivity contribution is 0.406. The van der Waals surface area contributed by atoms with Gasteiger partial charge in [0.25, 0.3) is 0 Å². The minimum Gasteiger partial charge on any atom is -0.207 e. The fourth-order valence-corrected chi connectivity index (χ4v) is 3.87. The Morgan fingerprint density at radius 2 is 1.94 bits per heavy atom. The number of hydrogen-bond donors (Lipinski definition) is 0. The second-order valence-electron chi connectivity index (χ2n) is 5.10. The van der Waals surface area contributed by atoms with E-state index in [0.717, 1.165) is 12.5 Å². The Balaban J connectivity index is 2.30. The van der Waals surface area contributed by atoms with E-state index in [4.69, 9.17) is 0 Å². The van der Waals surface area contributed by atoms with Crippen LogP contribution in [0.1, 0.15) is 42.1 Å². The summed E-state index contributed by atoms with van der Waals surface area (Å²) in [7, 11) is 0. The molecule has 0 nitrogen and oxygen atoms in total. The summed E-state index contributed by atoms with van der Waals surface area (Å²) < 4.78 is 27.0. The molecule has 0 amide bonds. The second kappa shape index (κ2) is 5.05. The molecule has 1 fully saturated rings. The van der Waals surface area contributed by atoms with Crippen LogP contribution in [0.15, 0.2) is 12.1 Å². The smallest absolute Gasteiger partial charge is 0.130 e. The second-order valence-corrected chi connectivity index (χ2v) is 6.08. The Kier molecular flexibility index (Phi) is 3.86. The first-order chi connectivity index (χ1) is 8.00. The van der Waals surface area contributed by atoms with Gasteiger partial charge in [0, 0.05) is 16.5 Å². The molecule has 0 N–H and O–H groups in total. The van der Waals surface area contributed by atoms with E-state index in [0.29, 0.717) is 23.0 Å². The predicted molar refractivity (Wildman–Crippen MR) is 69.3 cm³/mol. The lowest BCUT2D eigenvalue weighted by atomic mass is 9.90. The van der Waals surface area contributed by atoms with E-state index in [1.54, 1.807) is 13.0 Å². The largest absolute Gasteiger partial charge is 0.207 e. The monoisotopic (exact) mass is 302 g/mol. The van der Waals surface area contributed by atoms with Gasteiger partial charge in [-0.3, -0.25) is 0 Å². The van der Waals surface area contributed by atoms with E-state index in [1.807, 2.05) is 0 Å². The summed E-state index contributed by atoms with van der Waals surface area (Å²) >= 11 is 3.60. The fourth-order valence-electron chi connectivity index (χ4n) is 2.73. The van der Waals surface area contributed by atoms with Crippen molar-refractivity contribution < 1.29 is 8.78 Å². The highest BCUT2D eigenvalue weighted by atomic mass is 79.9. The van der Waals surface area contributed by atoms with Crippen molar-refractivity contribution in [2.24, 2.45) is 11.8 Å². The molecule has 0 aliphatic heterocycles. The maximum Gasteiger partial charge on any atom is 0.130 e. The number of aryl methyl sites for hydroxylation is 1. The summed E-state index contributed by atoms with van der Waals surface area (Å²) in [5, 5.41) is 0. The molecule has 2 rings (SSSR count). The molecule has 0 spiro atoms. The van der Waals surface area contributed by atoms with Crippen LogP contribution in [0.5, 0.6) is 0 Å². The number of rotatable bonds is 2. The van der Waals surface area contributed by atoms with Crippen molar-refractivity contribution in [3.8, 4) is 0 Å². The van der Waals surface area contributed by atoms with Crippen LogP contribution in [0.25, 0.3) is 0 Å². The van der Waals surface area contributed by atoms with Crippen molar-refractivity contribution >= 4 is 15.9 Å². The first kappa shape index (κ1) is 13.0. The summed E-state index contributed by atoms with van der Waals surface area (Å²) in [6.07, 6.45) is 3.53. The average Bonchev–Trinajstić information content (AvgIpc) is 2.69. The van der Waals surface area contributed by atoms with Crippen molar-refractivity contribution in [3.05, 3.63) is 34.9 Å². The van der Waals surface area contributed by atoms with Crippen LogP contribution >= 0.6 is 15.9 Å². The lowest BCUT2D eigenvalue weighted by Crippen LogP contribution is -2.12. The molecule has 0 saturated heterocycles. The third-order valence-corrected chi connectivity index (χ3v) is 5.05. The topological polar surface area (TPSA) is 0 Å². The van der Waals surface area contributed by atoms with Gasteiger partial charge in [0.15, 0.2) is 0 Å². The molecule has 0 radical (unpaired) electrons. The first-order valence-corrected chi connectivity index (χ1v) is 7.02. The number of halogens is 3. The van der Waals surface area contributed by atoms with Crippen LogP contribution in [0.2, 0.25) is 0 Å². The van der Waals surface area contributed by atoms with Crippen molar-refractivity contribution in [1.82, 2.24) is 0 Å². The fraction of sp³-hybridized carbons (Fsp3) is 0.571. The molecule has 17 heavy (non-hydrogen) atoms. The van der Waals surface area contributed by atoms with Gasteiger partial charge in [0.2, 0.25) is 0 Å². The average molecular weight is 303 g/mol. The van der Waals surface area contributed by atoms with E-state index in [9.17, 15) is 8.78 Å². The minimum absolute atomic E-state index is 0.000648. The van der Waals surface area contributed by atoms with Gasteiger partial charge in [-0.15, -0.1) is 0 Å². The summed E-state index contributed by atoms with van der Waals surface area (Å²) in [6, 6.07) is 2.63. The van der Waals surface area contributed by atoms with Crippen LogP contribution in [-0.2, 0) is 0 Å². The summed E-state index contributed by atoms with van der Waals surface area (Å²) in [5.41, 5.74) is 1.11. The zero-order valence-corrected chi connectivity index (χ0v) is 11.7. The zero-order valence-electron chi connectivity index (χ0n) is 10.1. The molecule has 1 aliphatic rings. The van der Waals surface area contributed by atoms with Gasteiger partial charge < -0.3 is 0 Å². The molecule has 1 aromatic rings. The molecule has 94 valence electrons. The van der Waals surface area contributed by atoms with Crippen LogP contribution in [-0.4, -0.2) is 0 Å². The van der Waals surface area contributed by atoms with Crippen LogP contribution in [0, 0.1) is 30.4 Å². The van der Waals surface area contributed by atoms with Crippen LogP contribution in [0.4, 0.5) is 8.78 Å². The standard InChI is InChI=1S/C14H17BrF2/c1-8-4-3-5-10(8)14(15)11-6-9(2)12(16)7-13(11)17/h6-8,10,14H,3-5H2,1-2H3. The number of hydrogen-bond acceptors (Lipinski definition) is 0. The molecule has 0 bridgehead atoms. The van der Waals surface area contributed by atoms with Crippen molar-refractivity contribution in [3.63, 3.8) is 0 Å². The van der Waals surface area contributed by atoms with Crippen LogP contribution < -0.4 is 0 Å². The molecule has 1 aromatic carbocycles. The van der Waals surface area contributed by atoms with Gasteiger partial charge >= 0.3 is 0 Å². The van der Waals surface area contributed by atoms with E-state index in [1.165, 1.54) is 12.8 Å². The van der Waals surface area contributed by atoms with Gasteiger partial charge in [-0.1, -0.05) is 35.7 Å². The third-order valence-electron chi connectivity index (χ3n) is 3.88. The van der Waals surface area contributed by atoms with Gasteiger partial charge in [0.05, 0.1) is 0 Å². The highest BCUT2D eigenvalue weighted by Crippen LogP contribution is 2.45. The molecule has 1 saturated carbocycles. The summed E-state index contributed by atoms with van der Waals surface area (Å²) in [6.45, 7) is 3.89. The highest BCUT2D eigenvalue weighted by Gasteiger charge is 2.31. The molecule has 0 heterocycles. The quantitative estimate of drug-likeness (QED) is 0.663. The van der Waals surface area contributed by atoms with Crippen LogP contribution in [0.3, 0.4) is 0 Å². The molecule has 3 unspecified atom stereocenters. The van der Waals surface area contributed by atoms with Crippen molar-refractivity contribution in [2.75, 3.05) is 0 Å². The predicted octanol–water partition coefficient (Wildman–Crippen LogP) is 5.15. The van der Waals surface area contributed by atoms with Gasteiger partial charge in [-0.2, -0.15) is 0 Å². The maximum absolute atomic E-state index is 13.8.